The first kappa shape index (κ1) is 10.9. The highest BCUT2D eigenvalue weighted by atomic mass is 16.4. The molecule has 0 radical (unpaired) electrons. The summed E-state index contributed by atoms with van der Waals surface area (Å²) < 4.78 is 0. The Morgan fingerprint density at radius 2 is 2.00 bits per heavy atom. The maximum Gasteiger partial charge on any atom is 0.320 e. The fourth-order valence-corrected chi connectivity index (χ4v) is 0.882. The minimum atomic E-state index is -0.929. The van der Waals surface area contributed by atoms with Gasteiger partial charge in [-0.3, -0.25) is 14.5 Å². The van der Waals surface area contributed by atoms with Gasteiger partial charge in [-0.1, -0.05) is 0 Å². The lowest BCUT2D eigenvalue weighted by Gasteiger charge is -2.18. The van der Waals surface area contributed by atoms with Crippen molar-refractivity contribution in [3.63, 3.8) is 0 Å². The summed E-state index contributed by atoms with van der Waals surface area (Å²) in [6.45, 7) is 0. The topological polar surface area (TPSA) is 83.6 Å². The highest BCUT2D eigenvalue weighted by Gasteiger charge is 2.19. The summed E-state index contributed by atoms with van der Waals surface area (Å²) in [4.78, 5) is 22.5. The Morgan fingerprint density at radius 3 is 2.25 bits per heavy atom. The fourth-order valence-electron chi connectivity index (χ4n) is 0.882. The average molecular weight is 174 g/mol. The van der Waals surface area contributed by atoms with Gasteiger partial charge < -0.3 is 10.8 Å². The van der Waals surface area contributed by atoms with E-state index in [2.05, 4.69) is 0 Å². The third-order valence-corrected chi connectivity index (χ3v) is 1.57. The van der Waals surface area contributed by atoms with Gasteiger partial charge in [0.15, 0.2) is 0 Å². The Kier molecular flexibility index (Phi) is 4.28. The van der Waals surface area contributed by atoms with Gasteiger partial charge in [0.2, 0.25) is 5.91 Å². The van der Waals surface area contributed by atoms with Gasteiger partial charge in [-0.05, 0) is 20.5 Å². The number of nitrogens with two attached hydrogens (primary N) is 1. The zero-order chi connectivity index (χ0) is 9.72. The molecule has 0 bridgehead atoms. The van der Waals surface area contributed by atoms with Crippen LogP contribution in [0.1, 0.15) is 12.8 Å². The maximum absolute atomic E-state index is 10.6. The number of likely N-dealkylation sites (N-methyl/N-ethyl adjacent to an activating group) is 1. The number of carbonyl (C=O) groups is 2. The molecule has 5 nitrogen and oxygen atoms in total. The Labute approximate surface area is 71.1 Å². The Balaban J connectivity index is 3.97. The van der Waals surface area contributed by atoms with Crippen molar-refractivity contribution in [2.75, 3.05) is 14.1 Å². The van der Waals surface area contributed by atoms with Crippen molar-refractivity contribution in [2.45, 2.75) is 18.9 Å². The molecular formula is C7H14N2O3. The molecule has 70 valence electrons. The van der Waals surface area contributed by atoms with Gasteiger partial charge in [0.25, 0.3) is 0 Å². The average Bonchev–Trinajstić information content (AvgIpc) is 1.84. The monoisotopic (exact) mass is 174 g/mol. The Morgan fingerprint density at radius 1 is 1.50 bits per heavy atom. The zero-order valence-corrected chi connectivity index (χ0v) is 7.28. The van der Waals surface area contributed by atoms with Crippen molar-refractivity contribution in [2.24, 2.45) is 5.73 Å². The van der Waals surface area contributed by atoms with Gasteiger partial charge in [-0.15, -0.1) is 0 Å². The van der Waals surface area contributed by atoms with Crippen molar-refractivity contribution in [1.82, 2.24) is 4.90 Å². The minimum Gasteiger partial charge on any atom is -0.480 e. The molecule has 12 heavy (non-hydrogen) atoms. The SMILES string of the molecule is CN(C)[C@H](CCC(N)=O)C(=O)O. The van der Waals surface area contributed by atoms with Crippen LogP contribution in [0.15, 0.2) is 0 Å². The van der Waals surface area contributed by atoms with E-state index >= 15 is 0 Å². The lowest BCUT2D eigenvalue weighted by atomic mass is 10.1. The van der Waals surface area contributed by atoms with Crippen molar-refractivity contribution in [3.05, 3.63) is 0 Å². The molecule has 0 aromatic heterocycles. The van der Waals surface area contributed by atoms with E-state index in [4.69, 9.17) is 10.8 Å². The molecule has 0 heterocycles. The highest BCUT2D eigenvalue weighted by molar-refractivity contribution is 5.77. The summed E-state index contributed by atoms with van der Waals surface area (Å²) >= 11 is 0. The first-order valence-corrected chi connectivity index (χ1v) is 3.62. The van der Waals surface area contributed by atoms with Gasteiger partial charge in [0, 0.05) is 6.42 Å². The van der Waals surface area contributed by atoms with E-state index in [0.717, 1.165) is 0 Å². The first-order valence-electron chi connectivity index (χ1n) is 3.62. The molecule has 0 aromatic rings. The molecule has 5 heteroatoms. The third-order valence-electron chi connectivity index (χ3n) is 1.57. The molecule has 1 amide bonds. The number of carbonyl (C=O) groups excluding carboxylic acids is 1. The van der Waals surface area contributed by atoms with Crippen LogP contribution >= 0.6 is 0 Å². The number of hydrogen-bond donors (Lipinski definition) is 2. The van der Waals surface area contributed by atoms with Crippen molar-refractivity contribution in [3.8, 4) is 0 Å². The highest BCUT2D eigenvalue weighted by Crippen LogP contribution is 2.02. The summed E-state index contributed by atoms with van der Waals surface area (Å²) in [6, 6.07) is -0.627. The Bertz CT molecular complexity index is 179. The minimum absolute atomic E-state index is 0.106. The number of aliphatic carboxylic acids is 1. The van der Waals surface area contributed by atoms with Crippen LogP contribution in [-0.2, 0) is 9.59 Å². The Hall–Kier alpha value is -1.10. The van der Waals surface area contributed by atoms with Gasteiger partial charge in [-0.2, -0.15) is 0 Å². The standard InChI is InChI=1S/C7H14N2O3/c1-9(2)5(7(11)12)3-4-6(8)10/h5H,3-4H2,1-2H3,(H2,8,10)(H,11,12)/t5-/m1/s1. The van der Waals surface area contributed by atoms with E-state index < -0.39 is 17.9 Å². The van der Waals surface area contributed by atoms with E-state index in [0.29, 0.717) is 0 Å². The molecule has 0 rings (SSSR count). The molecule has 0 spiro atoms. The fraction of sp³-hybridized carbons (Fsp3) is 0.714. The molecule has 0 aliphatic rings. The number of carboxylic acid groups (broad SMARTS) is 1. The maximum atomic E-state index is 10.6. The van der Waals surface area contributed by atoms with Gasteiger partial charge in [0.1, 0.15) is 6.04 Å². The van der Waals surface area contributed by atoms with E-state index in [1.807, 2.05) is 0 Å². The number of nitrogens with zero attached hydrogens (tertiary/aromatic N) is 1. The van der Waals surface area contributed by atoms with Gasteiger partial charge in [-0.25, -0.2) is 0 Å². The molecule has 0 saturated heterocycles. The summed E-state index contributed by atoms with van der Waals surface area (Å²) in [6.07, 6.45) is 0.368. The largest absolute Gasteiger partial charge is 0.480 e. The second kappa shape index (κ2) is 4.71. The predicted octanol–water partition coefficient (Wildman–Crippen LogP) is -0.733. The molecule has 0 fully saturated rings. The van der Waals surface area contributed by atoms with Gasteiger partial charge >= 0.3 is 5.97 Å². The van der Waals surface area contributed by atoms with Crippen molar-refractivity contribution in [1.29, 1.82) is 0 Å². The molecular weight excluding hydrogens is 160 g/mol. The van der Waals surface area contributed by atoms with Crippen LogP contribution in [0, 0.1) is 0 Å². The lowest BCUT2D eigenvalue weighted by Crippen LogP contribution is -2.36. The molecule has 0 aromatic carbocycles. The van der Waals surface area contributed by atoms with Crippen LogP contribution in [0.2, 0.25) is 0 Å². The molecule has 0 saturated carbocycles. The van der Waals surface area contributed by atoms with Crippen LogP contribution in [0.4, 0.5) is 0 Å². The van der Waals surface area contributed by atoms with Crippen LogP contribution in [-0.4, -0.2) is 42.0 Å². The van der Waals surface area contributed by atoms with Crippen LogP contribution in [0.5, 0.6) is 0 Å². The normalized spacial score (nSPS) is 12.9. The van der Waals surface area contributed by atoms with E-state index in [-0.39, 0.29) is 12.8 Å². The summed E-state index contributed by atoms with van der Waals surface area (Å²) in [5.74, 6) is -1.40. The van der Waals surface area contributed by atoms with E-state index in [1.54, 1.807) is 19.0 Å². The van der Waals surface area contributed by atoms with Crippen LogP contribution < -0.4 is 5.73 Å². The zero-order valence-electron chi connectivity index (χ0n) is 7.28. The number of primary amides is 1. The number of amides is 1. The van der Waals surface area contributed by atoms with Crippen molar-refractivity contribution >= 4 is 11.9 Å². The van der Waals surface area contributed by atoms with Crippen LogP contribution in [0.3, 0.4) is 0 Å². The summed E-state index contributed by atoms with van der Waals surface area (Å²) in [5, 5.41) is 8.66. The first-order chi connectivity index (χ1) is 5.45. The number of carboxylic acids is 1. The summed E-state index contributed by atoms with van der Waals surface area (Å²) in [5.41, 5.74) is 4.89. The smallest absolute Gasteiger partial charge is 0.320 e. The molecule has 1 atom stereocenters. The van der Waals surface area contributed by atoms with Crippen molar-refractivity contribution < 1.29 is 14.7 Å². The second-order valence-electron chi connectivity index (χ2n) is 2.82. The predicted molar refractivity (Wildman–Crippen MR) is 43.5 cm³/mol. The molecule has 0 unspecified atom stereocenters. The number of hydrogen-bond acceptors (Lipinski definition) is 3. The third kappa shape index (κ3) is 3.92. The quantitative estimate of drug-likeness (QED) is 0.575. The van der Waals surface area contributed by atoms with E-state index in [1.165, 1.54) is 0 Å². The second-order valence-corrected chi connectivity index (χ2v) is 2.82. The van der Waals surface area contributed by atoms with Gasteiger partial charge in [0.05, 0.1) is 0 Å². The molecule has 0 aliphatic heterocycles. The van der Waals surface area contributed by atoms with E-state index in [9.17, 15) is 9.59 Å². The molecule has 0 aliphatic carbocycles. The lowest BCUT2D eigenvalue weighted by molar-refractivity contribution is -0.142. The van der Waals surface area contributed by atoms with Crippen LogP contribution in [0.25, 0.3) is 0 Å². The summed E-state index contributed by atoms with van der Waals surface area (Å²) in [7, 11) is 3.31. The number of rotatable bonds is 5. The molecule has 3 N–H and O–H groups in total.